The first-order chi connectivity index (χ1) is 12.3. The number of hydrogen-bond acceptors (Lipinski definition) is 5. The molecule has 2 aromatic rings. The molecule has 0 radical (unpaired) electrons. The van der Waals surface area contributed by atoms with Crippen LogP contribution in [-0.4, -0.2) is 47.4 Å². The van der Waals surface area contributed by atoms with Crippen LogP contribution in [0.25, 0.3) is 11.1 Å². The maximum absolute atomic E-state index is 12.1. The van der Waals surface area contributed by atoms with E-state index in [0.29, 0.717) is 16.4 Å². The fourth-order valence-electron chi connectivity index (χ4n) is 2.08. The van der Waals surface area contributed by atoms with Gasteiger partial charge in [0.25, 0.3) is 0 Å². The van der Waals surface area contributed by atoms with Gasteiger partial charge in [-0.1, -0.05) is 24.3 Å². The largest absolute Gasteiger partial charge is 0.573 e. The van der Waals surface area contributed by atoms with Crippen molar-refractivity contribution in [2.24, 2.45) is 0 Å². The van der Waals surface area contributed by atoms with Gasteiger partial charge in [0, 0.05) is 0 Å². The third-order valence-electron chi connectivity index (χ3n) is 3.41. The van der Waals surface area contributed by atoms with Crippen molar-refractivity contribution in [2.75, 3.05) is 13.2 Å². The van der Waals surface area contributed by atoms with Crippen molar-refractivity contribution in [3.05, 3.63) is 48.5 Å². The fraction of sp³-hybridized carbons (Fsp3) is 0.235. The van der Waals surface area contributed by atoms with Gasteiger partial charge in [-0.15, -0.1) is 13.2 Å². The molecule has 1 amide bonds. The Morgan fingerprint density at radius 3 is 1.92 bits per heavy atom. The number of carbonyl (C=O) groups is 1. The summed E-state index contributed by atoms with van der Waals surface area (Å²) < 4.78 is 45.6. The predicted octanol–water partition coefficient (Wildman–Crippen LogP) is 2.84. The first kappa shape index (κ1) is 19.5. The summed E-state index contributed by atoms with van der Waals surface area (Å²) in [7, 11) is 0. The normalized spacial score (nSPS) is 12.3. The quantitative estimate of drug-likeness (QED) is 0.424. The van der Waals surface area contributed by atoms with E-state index in [0.717, 1.165) is 5.56 Å². The lowest BCUT2D eigenvalue weighted by molar-refractivity contribution is -0.274. The summed E-state index contributed by atoms with van der Waals surface area (Å²) in [5, 5.41) is 18.6. The summed E-state index contributed by atoms with van der Waals surface area (Å²) in [6, 6.07) is 11.1. The van der Waals surface area contributed by atoms with Crippen molar-refractivity contribution < 1.29 is 37.8 Å². The molecule has 2 rings (SSSR count). The monoisotopic (exact) mass is 371 g/mol. The third kappa shape index (κ3) is 5.64. The first-order valence-electron chi connectivity index (χ1n) is 7.45. The Kier molecular flexibility index (Phi) is 6.42. The number of amides is 1. The zero-order chi connectivity index (χ0) is 19.2. The number of ether oxygens (including phenoxy) is 2. The maximum atomic E-state index is 12.1. The number of halogens is 3. The minimum absolute atomic E-state index is 0.117. The molecular weight excluding hydrogens is 355 g/mol. The number of benzene rings is 2. The predicted molar refractivity (Wildman–Crippen MR) is 84.6 cm³/mol. The van der Waals surface area contributed by atoms with Crippen molar-refractivity contribution >= 4 is 6.41 Å². The molecule has 2 aromatic carbocycles. The van der Waals surface area contributed by atoms with Gasteiger partial charge in [0.1, 0.15) is 24.1 Å². The van der Waals surface area contributed by atoms with E-state index in [9.17, 15) is 23.2 Å². The van der Waals surface area contributed by atoms with E-state index in [-0.39, 0.29) is 18.8 Å². The van der Waals surface area contributed by atoms with Crippen molar-refractivity contribution in [3.63, 3.8) is 0 Å². The van der Waals surface area contributed by atoms with Gasteiger partial charge in [0.2, 0.25) is 6.41 Å². The van der Waals surface area contributed by atoms with Crippen LogP contribution < -0.4 is 9.47 Å². The molecule has 140 valence electrons. The lowest BCUT2D eigenvalue weighted by atomic mass is 10.1. The van der Waals surface area contributed by atoms with Crippen LogP contribution in [-0.2, 0) is 4.79 Å². The summed E-state index contributed by atoms with van der Waals surface area (Å²) in [6.07, 6.45) is -4.57. The zero-order valence-corrected chi connectivity index (χ0v) is 13.4. The van der Waals surface area contributed by atoms with Gasteiger partial charge in [0.15, 0.2) is 0 Å². The molecule has 26 heavy (non-hydrogen) atoms. The smallest absolute Gasteiger partial charge is 0.491 e. The van der Waals surface area contributed by atoms with Crippen LogP contribution in [0, 0.1) is 0 Å². The SMILES string of the molecule is O=CN(O)C(CO)COc1ccc(-c2ccc(OC(F)(F)F)cc2)cc1. The lowest BCUT2D eigenvalue weighted by Gasteiger charge is -2.20. The molecule has 0 aromatic heterocycles. The highest BCUT2D eigenvalue weighted by molar-refractivity contribution is 5.64. The Labute approximate surface area is 147 Å². The summed E-state index contributed by atoms with van der Waals surface area (Å²) in [5.74, 6) is 0.128. The average Bonchev–Trinajstić information content (AvgIpc) is 2.62. The Hall–Kier alpha value is -2.78. The molecule has 6 nitrogen and oxygen atoms in total. The third-order valence-corrected chi connectivity index (χ3v) is 3.41. The van der Waals surface area contributed by atoms with Crippen LogP contribution in [0.5, 0.6) is 11.5 Å². The maximum Gasteiger partial charge on any atom is 0.573 e. The molecule has 0 aliphatic heterocycles. The summed E-state index contributed by atoms with van der Waals surface area (Å²) in [4.78, 5) is 10.5. The van der Waals surface area contributed by atoms with E-state index in [1.165, 1.54) is 24.3 Å². The molecule has 0 aliphatic rings. The van der Waals surface area contributed by atoms with Crippen LogP contribution in [0.15, 0.2) is 48.5 Å². The topological polar surface area (TPSA) is 79.2 Å². The Bertz CT molecular complexity index is 704. The highest BCUT2D eigenvalue weighted by Crippen LogP contribution is 2.27. The molecule has 0 heterocycles. The summed E-state index contributed by atoms with van der Waals surface area (Å²) >= 11 is 0. The second-order valence-corrected chi connectivity index (χ2v) is 5.23. The molecular formula is C17H16F3NO5. The zero-order valence-electron chi connectivity index (χ0n) is 13.4. The Balaban J connectivity index is 1.99. The standard InChI is InChI=1S/C17H16F3NO5/c18-17(19,20)26-16-7-3-13(4-8-16)12-1-5-15(6-2-12)25-10-14(9-22)21(24)11-23/h1-8,11,14,22,24H,9-10H2. The van der Waals surface area contributed by atoms with Gasteiger partial charge in [-0.05, 0) is 35.4 Å². The van der Waals surface area contributed by atoms with E-state index >= 15 is 0 Å². The molecule has 0 saturated heterocycles. The Morgan fingerprint density at radius 1 is 1.00 bits per heavy atom. The number of aliphatic hydroxyl groups excluding tert-OH is 1. The van der Waals surface area contributed by atoms with Crippen LogP contribution in [0.3, 0.4) is 0 Å². The molecule has 0 saturated carbocycles. The van der Waals surface area contributed by atoms with E-state index in [4.69, 9.17) is 9.84 Å². The summed E-state index contributed by atoms with van der Waals surface area (Å²) in [6.45, 7) is -0.589. The van der Waals surface area contributed by atoms with Gasteiger partial charge < -0.3 is 14.6 Å². The number of aliphatic hydroxyl groups is 1. The highest BCUT2D eigenvalue weighted by atomic mass is 19.4. The minimum Gasteiger partial charge on any atom is -0.491 e. The molecule has 0 spiro atoms. The number of nitrogens with zero attached hydrogens (tertiary/aromatic N) is 1. The fourth-order valence-corrected chi connectivity index (χ4v) is 2.08. The van der Waals surface area contributed by atoms with Crippen LogP contribution >= 0.6 is 0 Å². The van der Waals surface area contributed by atoms with Crippen LogP contribution in [0.4, 0.5) is 13.2 Å². The molecule has 1 unspecified atom stereocenters. The van der Waals surface area contributed by atoms with Crippen LogP contribution in [0.2, 0.25) is 0 Å². The van der Waals surface area contributed by atoms with Gasteiger partial charge in [-0.25, -0.2) is 5.06 Å². The number of hydroxylamine groups is 2. The molecule has 1 atom stereocenters. The molecule has 0 fully saturated rings. The lowest BCUT2D eigenvalue weighted by Crippen LogP contribution is -2.39. The van der Waals surface area contributed by atoms with E-state index in [1.807, 2.05) is 0 Å². The number of alkyl halides is 3. The molecule has 0 bridgehead atoms. The average molecular weight is 371 g/mol. The molecule has 0 aliphatic carbocycles. The number of hydrogen-bond donors (Lipinski definition) is 2. The second kappa shape index (κ2) is 8.54. The minimum atomic E-state index is -4.74. The Morgan fingerprint density at radius 2 is 1.50 bits per heavy atom. The van der Waals surface area contributed by atoms with Crippen molar-refractivity contribution in [2.45, 2.75) is 12.4 Å². The second-order valence-electron chi connectivity index (χ2n) is 5.23. The van der Waals surface area contributed by atoms with Crippen LogP contribution in [0.1, 0.15) is 0 Å². The number of rotatable bonds is 8. The molecule has 9 heteroatoms. The van der Waals surface area contributed by atoms with Gasteiger partial charge in [-0.2, -0.15) is 0 Å². The van der Waals surface area contributed by atoms with Crippen molar-refractivity contribution in [3.8, 4) is 22.6 Å². The van der Waals surface area contributed by atoms with E-state index in [1.54, 1.807) is 24.3 Å². The number of carbonyl (C=O) groups excluding carboxylic acids is 1. The highest BCUT2D eigenvalue weighted by Gasteiger charge is 2.30. The van der Waals surface area contributed by atoms with E-state index in [2.05, 4.69) is 4.74 Å². The van der Waals surface area contributed by atoms with Gasteiger partial charge in [0.05, 0.1) is 6.61 Å². The van der Waals surface area contributed by atoms with E-state index < -0.39 is 19.0 Å². The van der Waals surface area contributed by atoms with Crippen molar-refractivity contribution in [1.82, 2.24) is 5.06 Å². The van der Waals surface area contributed by atoms with Crippen molar-refractivity contribution in [1.29, 1.82) is 0 Å². The first-order valence-corrected chi connectivity index (χ1v) is 7.45. The molecule has 2 N–H and O–H groups in total. The van der Waals surface area contributed by atoms with Gasteiger partial charge in [-0.3, -0.25) is 10.0 Å². The van der Waals surface area contributed by atoms with Gasteiger partial charge >= 0.3 is 6.36 Å². The summed E-state index contributed by atoms with van der Waals surface area (Å²) in [5.41, 5.74) is 1.42.